The van der Waals surface area contributed by atoms with Crippen molar-refractivity contribution in [3.8, 4) is 27.7 Å². The van der Waals surface area contributed by atoms with Crippen molar-refractivity contribution >= 4 is 33.2 Å². The van der Waals surface area contributed by atoms with E-state index in [2.05, 4.69) is 4.90 Å². The van der Waals surface area contributed by atoms with Crippen LogP contribution in [0.1, 0.15) is 42.1 Å². The number of likely N-dealkylation sites (tertiary alicyclic amines) is 1. The van der Waals surface area contributed by atoms with Gasteiger partial charge in [-0.1, -0.05) is 6.42 Å². The average Bonchev–Trinajstić information content (AvgIpc) is 3.28. The third-order valence-corrected chi connectivity index (χ3v) is 7.72. The summed E-state index contributed by atoms with van der Waals surface area (Å²) < 4.78 is 11.9. The van der Waals surface area contributed by atoms with Crippen LogP contribution in [0, 0.1) is 0 Å². The van der Waals surface area contributed by atoms with Gasteiger partial charge in [-0.3, -0.25) is 14.5 Å². The second-order valence-electron chi connectivity index (χ2n) is 9.21. The van der Waals surface area contributed by atoms with E-state index in [-0.39, 0.29) is 17.5 Å². The summed E-state index contributed by atoms with van der Waals surface area (Å²) >= 11 is 1.44. The van der Waals surface area contributed by atoms with E-state index >= 15 is 0 Å². The second kappa shape index (κ2) is 11.2. The van der Waals surface area contributed by atoms with Crippen molar-refractivity contribution < 1.29 is 24.2 Å². The maximum atomic E-state index is 13.8. The van der Waals surface area contributed by atoms with Crippen LogP contribution in [0.5, 0.6) is 17.2 Å². The van der Waals surface area contributed by atoms with Crippen LogP contribution in [0.3, 0.4) is 0 Å². The fourth-order valence-corrected chi connectivity index (χ4v) is 5.92. The molecule has 1 aliphatic heterocycles. The van der Waals surface area contributed by atoms with Gasteiger partial charge in [0.25, 0.3) is 0 Å². The summed E-state index contributed by atoms with van der Waals surface area (Å²) in [6, 6.07) is 19.4. The summed E-state index contributed by atoms with van der Waals surface area (Å²) in [7, 11) is 0. The van der Waals surface area contributed by atoms with Crippen LogP contribution in [-0.4, -0.2) is 48.0 Å². The highest BCUT2D eigenvalue weighted by molar-refractivity contribution is 7.22. The fraction of sp³-hybridized carbons (Fsp3) is 0.267. The summed E-state index contributed by atoms with van der Waals surface area (Å²) in [5, 5.41) is 10.8. The summed E-state index contributed by atoms with van der Waals surface area (Å²) in [5.74, 6) is 0.847. The van der Waals surface area contributed by atoms with Crippen molar-refractivity contribution in [2.24, 2.45) is 0 Å². The fourth-order valence-electron chi connectivity index (χ4n) is 4.68. The van der Waals surface area contributed by atoms with Gasteiger partial charge >= 0.3 is 5.97 Å². The lowest BCUT2D eigenvalue weighted by Gasteiger charge is -2.26. The molecule has 1 aromatic heterocycles. The molecular formula is C30H29NO5S. The van der Waals surface area contributed by atoms with Crippen molar-refractivity contribution in [1.29, 1.82) is 0 Å². The highest BCUT2D eigenvalue weighted by Gasteiger charge is 2.22. The smallest absolute Gasteiger partial charge is 0.308 e. The molecule has 1 aliphatic rings. The molecule has 0 unspecified atom stereocenters. The largest absolute Gasteiger partial charge is 0.508 e. The minimum Gasteiger partial charge on any atom is -0.508 e. The Hall–Kier alpha value is -3.68. The highest BCUT2D eigenvalue weighted by Crippen LogP contribution is 2.41. The Kier molecular flexibility index (Phi) is 7.53. The van der Waals surface area contributed by atoms with Gasteiger partial charge < -0.3 is 14.6 Å². The number of benzene rings is 3. The topological polar surface area (TPSA) is 76.1 Å². The number of carbonyl (C=O) groups excluding carboxylic acids is 2. The first-order chi connectivity index (χ1) is 18.0. The van der Waals surface area contributed by atoms with Crippen LogP contribution in [0.2, 0.25) is 0 Å². The van der Waals surface area contributed by atoms with Crippen molar-refractivity contribution in [1.82, 2.24) is 4.90 Å². The number of rotatable bonds is 8. The van der Waals surface area contributed by atoms with Gasteiger partial charge in [0.1, 0.15) is 23.9 Å². The molecule has 0 bridgehead atoms. The van der Waals surface area contributed by atoms with Crippen molar-refractivity contribution in [2.45, 2.75) is 26.2 Å². The van der Waals surface area contributed by atoms with Gasteiger partial charge in [-0.2, -0.15) is 0 Å². The van der Waals surface area contributed by atoms with E-state index in [1.165, 1.54) is 37.5 Å². The van der Waals surface area contributed by atoms with E-state index in [1.807, 2.05) is 24.3 Å². The molecule has 3 aromatic carbocycles. The standard InChI is InChI=1S/C30H29NO5S/c1-20(32)36-25-12-7-22(8-13-25)30-28(26-14-9-23(33)19-27(26)37-30)29(34)21-5-10-24(11-6-21)35-18-17-31-15-3-2-4-16-31/h5-14,19,33H,2-4,15-18H2,1H3. The van der Waals surface area contributed by atoms with Crippen molar-refractivity contribution in [3.05, 3.63) is 77.9 Å². The monoisotopic (exact) mass is 515 g/mol. The Morgan fingerprint density at radius 2 is 1.62 bits per heavy atom. The maximum Gasteiger partial charge on any atom is 0.308 e. The highest BCUT2D eigenvalue weighted by atomic mass is 32.1. The van der Waals surface area contributed by atoms with Crippen LogP contribution in [-0.2, 0) is 4.79 Å². The van der Waals surface area contributed by atoms with Crippen molar-refractivity contribution in [3.63, 3.8) is 0 Å². The molecule has 190 valence electrons. The zero-order valence-electron chi connectivity index (χ0n) is 20.7. The third kappa shape index (κ3) is 5.84. The van der Waals surface area contributed by atoms with Crippen LogP contribution < -0.4 is 9.47 Å². The Morgan fingerprint density at radius 1 is 0.919 bits per heavy atom. The van der Waals surface area contributed by atoms with Gasteiger partial charge in [0.2, 0.25) is 0 Å². The Bertz CT molecular complexity index is 1400. The molecule has 0 saturated carbocycles. The molecule has 0 radical (unpaired) electrons. The molecular weight excluding hydrogens is 486 g/mol. The lowest BCUT2D eigenvalue weighted by Crippen LogP contribution is -2.33. The minimum atomic E-state index is -0.389. The van der Waals surface area contributed by atoms with Gasteiger partial charge in [-0.05, 0) is 98.2 Å². The van der Waals surface area contributed by atoms with E-state index < -0.39 is 0 Å². The molecule has 1 fully saturated rings. The number of hydrogen-bond acceptors (Lipinski definition) is 7. The molecule has 4 aromatic rings. The number of thiophene rings is 1. The minimum absolute atomic E-state index is 0.101. The van der Waals surface area contributed by atoms with Gasteiger partial charge in [-0.25, -0.2) is 0 Å². The van der Waals surface area contributed by atoms with E-state index in [4.69, 9.17) is 9.47 Å². The first-order valence-corrected chi connectivity index (χ1v) is 13.3. The normalized spacial score (nSPS) is 14.0. The number of carbonyl (C=O) groups is 2. The lowest BCUT2D eigenvalue weighted by atomic mass is 9.97. The molecule has 7 heteroatoms. The predicted octanol–water partition coefficient (Wildman–Crippen LogP) is 6.29. The number of nitrogens with zero attached hydrogens (tertiary/aromatic N) is 1. The Morgan fingerprint density at radius 3 is 2.32 bits per heavy atom. The molecule has 0 atom stereocenters. The molecule has 5 rings (SSSR count). The van der Waals surface area contributed by atoms with Gasteiger partial charge in [0, 0.05) is 39.6 Å². The number of fused-ring (bicyclic) bond motifs is 1. The molecule has 0 amide bonds. The number of hydrogen-bond donors (Lipinski definition) is 1. The van der Waals surface area contributed by atoms with Crippen LogP contribution in [0.25, 0.3) is 20.5 Å². The average molecular weight is 516 g/mol. The zero-order chi connectivity index (χ0) is 25.8. The molecule has 1 N–H and O–H groups in total. The number of phenols is 1. The van der Waals surface area contributed by atoms with Crippen LogP contribution in [0.4, 0.5) is 0 Å². The van der Waals surface area contributed by atoms with Crippen LogP contribution in [0.15, 0.2) is 66.7 Å². The summed E-state index contributed by atoms with van der Waals surface area (Å²) in [6.07, 6.45) is 3.83. The Labute approximate surface area is 220 Å². The summed E-state index contributed by atoms with van der Waals surface area (Å²) in [6.45, 7) is 5.16. The zero-order valence-corrected chi connectivity index (χ0v) is 21.6. The molecule has 6 nitrogen and oxygen atoms in total. The number of piperidine rings is 1. The third-order valence-electron chi connectivity index (χ3n) is 6.52. The lowest BCUT2D eigenvalue weighted by molar-refractivity contribution is -0.131. The van der Waals surface area contributed by atoms with Gasteiger partial charge in [-0.15, -0.1) is 11.3 Å². The molecule has 1 saturated heterocycles. The predicted molar refractivity (Wildman–Crippen MR) is 146 cm³/mol. The second-order valence-corrected chi connectivity index (χ2v) is 10.3. The van der Waals surface area contributed by atoms with E-state index in [0.717, 1.165) is 45.9 Å². The van der Waals surface area contributed by atoms with E-state index in [0.29, 0.717) is 23.5 Å². The molecule has 0 aliphatic carbocycles. The Balaban J connectivity index is 1.39. The SMILES string of the molecule is CC(=O)Oc1ccc(-c2sc3cc(O)ccc3c2C(=O)c2ccc(OCCN3CCCCC3)cc2)cc1. The quantitative estimate of drug-likeness (QED) is 0.169. The first-order valence-electron chi connectivity index (χ1n) is 12.5. The number of esters is 1. The number of aromatic hydroxyl groups is 1. The van der Waals surface area contributed by atoms with E-state index in [1.54, 1.807) is 42.5 Å². The van der Waals surface area contributed by atoms with Crippen molar-refractivity contribution in [2.75, 3.05) is 26.2 Å². The van der Waals surface area contributed by atoms with E-state index in [9.17, 15) is 14.7 Å². The maximum absolute atomic E-state index is 13.8. The summed E-state index contributed by atoms with van der Waals surface area (Å²) in [5.41, 5.74) is 1.98. The number of ether oxygens (including phenoxy) is 2. The molecule has 2 heterocycles. The summed E-state index contributed by atoms with van der Waals surface area (Å²) in [4.78, 5) is 28.3. The molecule has 0 spiro atoms. The first kappa shape index (κ1) is 25.0. The van der Waals surface area contributed by atoms with Gasteiger partial charge in [0.05, 0.1) is 0 Å². The van der Waals surface area contributed by atoms with Crippen LogP contribution >= 0.6 is 11.3 Å². The number of phenolic OH excluding ortho intramolecular Hbond substituents is 1. The number of ketones is 1. The van der Waals surface area contributed by atoms with Gasteiger partial charge in [0.15, 0.2) is 5.78 Å². The molecule has 37 heavy (non-hydrogen) atoms.